The number of pyridine rings is 2. The Morgan fingerprint density at radius 3 is 2.59 bits per heavy atom. The maximum absolute atomic E-state index is 12.3. The van der Waals surface area contributed by atoms with E-state index in [1.54, 1.807) is 6.20 Å². The molecule has 2 aromatic carbocycles. The number of anilines is 1. The molecule has 2 aromatic heterocycles. The fourth-order valence-corrected chi connectivity index (χ4v) is 3.69. The van der Waals surface area contributed by atoms with E-state index in [0.29, 0.717) is 16.1 Å². The number of nitrogens with zero attached hydrogens (tertiary/aromatic N) is 1. The van der Waals surface area contributed by atoms with E-state index in [0.717, 1.165) is 28.1 Å². The molecule has 0 saturated heterocycles. The van der Waals surface area contributed by atoms with Crippen LogP contribution in [0.25, 0.3) is 33.4 Å². The van der Waals surface area contributed by atoms with Gasteiger partial charge in [0.25, 0.3) is 0 Å². The molecule has 0 amide bonds. The van der Waals surface area contributed by atoms with Gasteiger partial charge in [0.05, 0.1) is 21.8 Å². The second-order valence-electron chi connectivity index (χ2n) is 5.99. The number of rotatable bonds is 4. The molecule has 4 rings (SSSR count). The highest BCUT2D eigenvalue weighted by atomic mass is 35.5. The molecule has 4 nitrogen and oxygen atoms in total. The Labute approximate surface area is 165 Å². The molecule has 0 fully saturated rings. The fraction of sp³-hybridized carbons (Fsp3) is 0.0476. The van der Waals surface area contributed by atoms with Gasteiger partial charge in [-0.25, -0.2) is 4.98 Å². The van der Waals surface area contributed by atoms with Gasteiger partial charge in [-0.2, -0.15) is 0 Å². The van der Waals surface area contributed by atoms with Crippen molar-refractivity contribution < 1.29 is 0 Å². The van der Waals surface area contributed by atoms with Gasteiger partial charge in [-0.05, 0) is 23.8 Å². The van der Waals surface area contributed by atoms with Crippen LogP contribution in [-0.4, -0.2) is 16.2 Å². The van der Waals surface area contributed by atoms with Gasteiger partial charge in [-0.15, -0.1) is 0 Å². The molecule has 0 saturated carbocycles. The number of benzene rings is 2. The summed E-state index contributed by atoms with van der Waals surface area (Å²) in [6, 6.07) is 19.1. The summed E-state index contributed by atoms with van der Waals surface area (Å²) in [6.07, 6.45) is 3.56. The van der Waals surface area contributed by atoms with Crippen LogP contribution in [0.5, 0.6) is 0 Å². The average molecular weight is 394 g/mol. The number of aromatic nitrogens is 2. The lowest BCUT2D eigenvalue weighted by molar-refractivity contribution is 1.28. The first-order valence-corrected chi connectivity index (χ1v) is 9.94. The predicted octanol–water partition coefficient (Wildman–Crippen LogP) is 5.60. The third kappa shape index (κ3) is 3.44. The Balaban J connectivity index is 1.99. The van der Waals surface area contributed by atoms with Crippen LogP contribution in [0.1, 0.15) is 0 Å². The third-order valence-corrected chi connectivity index (χ3v) is 5.02. The molecule has 27 heavy (non-hydrogen) atoms. The van der Waals surface area contributed by atoms with E-state index >= 15 is 0 Å². The minimum absolute atomic E-state index is 0.0659. The summed E-state index contributed by atoms with van der Waals surface area (Å²) >= 11 is 7.92. The van der Waals surface area contributed by atoms with Gasteiger partial charge >= 0.3 is 0 Å². The van der Waals surface area contributed by atoms with Crippen LogP contribution < -0.4 is 10.2 Å². The largest absolute Gasteiger partial charge is 0.346 e. The summed E-state index contributed by atoms with van der Waals surface area (Å²) in [4.78, 5) is 20.1. The second kappa shape index (κ2) is 7.47. The number of hydrogen-bond acceptors (Lipinski definition) is 4. The Hall–Kier alpha value is -2.76. The topological polar surface area (TPSA) is 57.8 Å². The average Bonchev–Trinajstić information content (AvgIpc) is 2.70. The zero-order chi connectivity index (χ0) is 18.8. The summed E-state index contributed by atoms with van der Waals surface area (Å²) < 4.78 is 3.15. The number of H-pyrrole nitrogens is 1. The van der Waals surface area contributed by atoms with Crippen LogP contribution >= 0.6 is 23.5 Å². The van der Waals surface area contributed by atoms with Crippen molar-refractivity contribution in [2.24, 2.45) is 0 Å². The van der Waals surface area contributed by atoms with Crippen molar-refractivity contribution in [2.45, 2.75) is 0 Å². The highest BCUT2D eigenvalue weighted by molar-refractivity contribution is 7.99. The highest BCUT2D eigenvalue weighted by Crippen LogP contribution is 2.35. The summed E-state index contributed by atoms with van der Waals surface area (Å²) in [6.45, 7) is 0. The van der Waals surface area contributed by atoms with Gasteiger partial charge < -0.3 is 9.71 Å². The molecule has 0 radical (unpaired) electrons. The van der Waals surface area contributed by atoms with Crippen molar-refractivity contribution in [3.63, 3.8) is 0 Å². The lowest BCUT2D eigenvalue weighted by Crippen LogP contribution is -2.03. The number of halogens is 1. The van der Waals surface area contributed by atoms with Crippen LogP contribution in [0.4, 0.5) is 5.69 Å². The highest BCUT2D eigenvalue weighted by Gasteiger charge is 2.14. The number of hydrogen-bond donors (Lipinski definition) is 2. The normalized spacial score (nSPS) is 10.9. The number of aromatic amines is 1. The van der Waals surface area contributed by atoms with Crippen molar-refractivity contribution in [2.75, 3.05) is 11.0 Å². The van der Waals surface area contributed by atoms with E-state index in [4.69, 9.17) is 16.6 Å². The molecular formula is C21H16ClN3OS. The van der Waals surface area contributed by atoms with Gasteiger partial charge in [0, 0.05) is 29.6 Å². The second-order valence-corrected chi connectivity index (χ2v) is 7.01. The van der Waals surface area contributed by atoms with Crippen LogP contribution in [0.2, 0.25) is 5.02 Å². The predicted molar refractivity (Wildman–Crippen MR) is 115 cm³/mol. The van der Waals surface area contributed by atoms with E-state index in [1.165, 1.54) is 18.0 Å². The maximum atomic E-state index is 12.3. The van der Waals surface area contributed by atoms with Crippen LogP contribution in [-0.2, 0) is 0 Å². The Kier molecular flexibility index (Phi) is 4.88. The van der Waals surface area contributed by atoms with Gasteiger partial charge in [-0.3, -0.25) is 4.79 Å². The quantitative estimate of drug-likeness (QED) is 0.443. The van der Waals surface area contributed by atoms with E-state index in [1.807, 2.05) is 60.9 Å². The molecule has 0 atom stereocenters. The first-order valence-electron chi connectivity index (χ1n) is 8.34. The molecular weight excluding hydrogens is 378 g/mol. The smallest absolute Gasteiger partial charge is 0.191 e. The van der Waals surface area contributed by atoms with Gasteiger partial charge in [0.15, 0.2) is 5.43 Å². The van der Waals surface area contributed by atoms with E-state index < -0.39 is 0 Å². The number of nitrogens with one attached hydrogen (secondary N) is 2. The molecule has 2 heterocycles. The third-order valence-electron chi connectivity index (χ3n) is 4.28. The number of fused-ring (bicyclic) bond motifs is 1. The molecule has 2 N–H and O–H groups in total. The van der Waals surface area contributed by atoms with E-state index in [-0.39, 0.29) is 5.43 Å². The first kappa shape index (κ1) is 17.6. The molecule has 4 aromatic rings. The van der Waals surface area contributed by atoms with Crippen molar-refractivity contribution in [1.29, 1.82) is 0 Å². The van der Waals surface area contributed by atoms with Crippen molar-refractivity contribution in [3.05, 3.63) is 82.1 Å². The van der Waals surface area contributed by atoms with E-state index in [2.05, 4.69) is 9.71 Å². The summed E-state index contributed by atoms with van der Waals surface area (Å²) in [5.74, 6) is 0. The minimum atomic E-state index is -0.0659. The zero-order valence-corrected chi connectivity index (χ0v) is 16.1. The van der Waals surface area contributed by atoms with Gasteiger partial charge in [-0.1, -0.05) is 59.9 Å². The fourth-order valence-electron chi connectivity index (χ4n) is 3.01. The molecule has 0 aliphatic rings. The maximum Gasteiger partial charge on any atom is 0.191 e. The summed E-state index contributed by atoms with van der Waals surface area (Å²) in [5, 5.41) is 1.16. The minimum Gasteiger partial charge on any atom is -0.346 e. The standard InChI is InChI=1S/C21H16ClN3OS/c1-27-25-18-8-7-14(11-17(18)22)15-12-16-19(26)9-10-23-21(16)24-20(15)13-5-3-2-4-6-13/h2-12,25H,1H3,(H,23,24,26). The molecule has 134 valence electrons. The van der Waals surface area contributed by atoms with Crippen LogP contribution in [0, 0.1) is 0 Å². The van der Waals surface area contributed by atoms with E-state index in [9.17, 15) is 4.79 Å². The lowest BCUT2D eigenvalue weighted by atomic mass is 9.98. The van der Waals surface area contributed by atoms with Crippen LogP contribution in [0.15, 0.2) is 71.7 Å². The van der Waals surface area contributed by atoms with Crippen molar-refractivity contribution in [3.8, 4) is 22.4 Å². The Morgan fingerprint density at radius 1 is 1.04 bits per heavy atom. The van der Waals surface area contributed by atoms with Gasteiger partial charge in [0.1, 0.15) is 5.65 Å². The van der Waals surface area contributed by atoms with Crippen LogP contribution in [0.3, 0.4) is 0 Å². The lowest BCUT2D eigenvalue weighted by Gasteiger charge is -2.13. The molecule has 0 spiro atoms. The molecule has 0 aliphatic carbocycles. The SMILES string of the molecule is CSNc1ccc(-c2cc3c(=O)cc[nH]c3nc2-c2ccccc2)cc1Cl. The zero-order valence-electron chi connectivity index (χ0n) is 14.5. The Morgan fingerprint density at radius 2 is 1.85 bits per heavy atom. The van der Waals surface area contributed by atoms with Crippen molar-refractivity contribution >= 4 is 40.3 Å². The van der Waals surface area contributed by atoms with Gasteiger partial charge in [0.2, 0.25) is 0 Å². The molecule has 0 aliphatic heterocycles. The molecule has 6 heteroatoms. The summed E-state index contributed by atoms with van der Waals surface area (Å²) in [5.41, 5.74) is 4.89. The Bertz CT molecular complexity index is 1180. The summed E-state index contributed by atoms with van der Waals surface area (Å²) in [7, 11) is 0. The van der Waals surface area contributed by atoms with Crippen molar-refractivity contribution in [1.82, 2.24) is 9.97 Å². The molecule has 0 unspecified atom stereocenters. The molecule has 0 bridgehead atoms. The monoisotopic (exact) mass is 393 g/mol. The first-order chi connectivity index (χ1) is 13.2.